The molecule has 4 rings (SSSR count). The van der Waals surface area contributed by atoms with Crippen LogP contribution in [0.1, 0.15) is 21.7 Å². The van der Waals surface area contributed by atoms with Gasteiger partial charge in [0, 0.05) is 24.2 Å². The third-order valence-electron chi connectivity index (χ3n) is 4.43. The Bertz CT molecular complexity index is 1140. The van der Waals surface area contributed by atoms with Crippen LogP contribution in [0, 0.1) is 0 Å². The summed E-state index contributed by atoms with van der Waals surface area (Å²) in [5.41, 5.74) is 9.60. The minimum absolute atomic E-state index is 0.0210. The summed E-state index contributed by atoms with van der Waals surface area (Å²) < 4.78 is 0. The number of aromatic nitrogens is 3. The molecule has 0 atom stereocenters. The maximum absolute atomic E-state index is 12.7. The number of fused-ring (bicyclic) bond motifs is 1. The summed E-state index contributed by atoms with van der Waals surface area (Å²) in [5.74, 6) is 0.420. The third kappa shape index (κ3) is 3.96. The lowest BCUT2D eigenvalue weighted by Crippen LogP contribution is -2.08. The van der Waals surface area contributed by atoms with Gasteiger partial charge in [0.1, 0.15) is 11.5 Å². The van der Waals surface area contributed by atoms with E-state index in [0.717, 1.165) is 27.8 Å². The Morgan fingerprint density at radius 1 is 0.964 bits per heavy atom. The van der Waals surface area contributed by atoms with E-state index in [0.29, 0.717) is 18.1 Å². The second-order valence-electron chi connectivity index (χ2n) is 6.43. The van der Waals surface area contributed by atoms with E-state index in [1.807, 2.05) is 54.6 Å². The Labute approximate surface area is 162 Å². The Morgan fingerprint density at radius 2 is 1.86 bits per heavy atom. The largest absolute Gasteiger partial charge is 0.382 e. The van der Waals surface area contributed by atoms with Crippen LogP contribution in [0.3, 0.4) is 0 Å². The molecule has 4 aromatic rings. The highest BCUT2D eigenvalue weighted by atomic mass is 16.1. The SMILES string of the molecule is Nc1ncccc1NCc1cc(CC(=O)c2ccc3ccccc3n2)ccn1. The monoisotopic (exact) mass is 369 g/mol. The van der Waals surface area contributed by atoms with Crippen molar-refractivity contribution in [2.45, 2.75) is 13.0 Å². The second-order valence-corrected chi connectivity index (χ2v) is 6.43. The van der Waals surface area contributed by atoms with Crippen LogP contribution in [0.15, 0.2) is 73.1 Å². The molecule has 3 N–H and O–H groups in total. The molecule has 0 unspecified atom stereocenters. The molecule has 6 nitrogen and oxygen atoms in total. The fourth-order valence-corrected chi connectivity index (χ4v) is 2.98. The van der Waals surface area contributed by atoms with Gasteiger partial charge < -0.3 is 11.1 Å². The molecule has 0 saturated carbocycles. The van der Waals surface area contributed by atoms with Crippen LogP contribution in [0.25, 0.3) is 10.9 Å². The molecule has 0 aliphatic heterocycles. The minimum atomic E-state index is -0.0210. The van der Waals surface area contributed by atoms with Crippen molar-refractivity contribution < 1.29 is 4.79 Å². The lowest BCUT2D eigenvalue weighted by Gasteiger charge is -2.09. The molecule has 0 saturated heterocycles. The van der Waals surface area contributed by atoms with Crippen LogP contribution in [0.5, 0.6) is 0 Å². The van der Waals surface area contributed by atoms with Gasteiger partial charge in [-0.1, -0.05) is 24.3 Å². The summed E-state index contributed by atoms with van der Waals surface area (Å²) in [5, 5.41) is 4.23. The summed E-state index contributed by atoms with van der Waals surface area (Å²) in [7, 11) is 0. The average Bonchev–Trinajstić information content (AvgIpc) is 2.73. The first-order chi connectivity index (χ1) is 13.7. The molecule has 0 spiro atoms. The lowest BCUT2D eigenvalue weighted by molar-refractivity contribution is 0.0988. The highest BCUT2D eigenvalue weighted by Gasteiger charge is 2.10. The van der Waals surface area contributed by atoms with E-state index in [4.69, 9.17) is 5.73 Å². The minimum Gasteiger partial charge on any atom is -0.382 e. The zero-order valence-electron chi connectivity index (χ0n) is 15.2. The maximum Gasteiger partial charge on any atom is 0.185 e. The van der Waals surface area contributed by atoms with Gasteiger partial charge in [-0.3, -0.25) is 9.78 Å². The van der Waals surface area contributed by atoms with Gasteiger partial charge in [-0.05, 0) is 42.0 Å². The Hall–Kier alpha value is -3.80. The maximum atomic E-state index is 12.7. The number of nitrogens with two attached hydrogens (primary N) is 1. The first-order valence-corrected chi connectivity index (χ1v) is 8.96. The van der Waals surface area contributed by atoms with Crippen molar-refractivity contribution in [3.05, 3.63) is 90.0 Å². The molecular weight excluding hydrogens is 350 g/mol. The molecule has 0 fully saturated rings. The molecular formula is C22H19N5O. The van der Waals surface area contributed by atoms with Crippen molar-refractivity contribution in [2.75, 3.05) is 11.1 Å². The fraction of sp³-hybridized carbons (Fsp3) is 0.0909. The number of nitrogen functional groups attached to an aromatic ring is 1. The predicted octanol–water partition coefficient (Wildman–Crippen LogP) is 3.64. The van der Waals surface area contributed by atoms with Gasteiger partial charge in [0.2, 0.25) is 0 Å². The highest BCUT2D eigenvalue weighted by Crippen LogP contribution is 2.16. The number of Topliss-reactive ketones (excluding diaryl/α,β-unsaturated/α-hetero) is 1. The van der Waals surface area contributed by atoms with Gasteiger partial charge in [0.25, 0.3) is 0 Å². The number of hydrogen-bond donors (Lipinski definition) is 2. The van der Waals surface area contributed by atoms with Gasteiger partial charge in [-0.25, -0.2) is 9.97 Å². The number of nitrogens with one attached hydrogen (secondary N) is 1. The topological polar surface area (TPSA) is 93.8 Å². The number of rotatable bonds is 6. The van der Waals surface area contributed by atoms with Crippen molar-refractivity contribution in [3.63, 3.8) is 0 Å². The van der Waals surface area contributed by atoms with Gasteiger partial charge >= 0.3 is 0 Å². The Morgan fingerprint density at radius 3 is 2.75 bits per heavy atom. The van der Waals surface area contributed by atoms with E-state index in [2.05, 4.69) is 20.3 Å². The van der Waals surface area contributed by atoms with Crippen molar-refractivity contribution in [2.24, 2.45) is 0 Å². The van der Waals surface area contributed by atoms with Crippen molar-refractivity contribution in [1.82, 2.24) is 15.0 Å². The molecule has 1 aromatic carbocycles. The Kier molecular flexibility index (Phi) is 4.93. The number of nitrogens with zero attached hydrogens (tertiary/aromatic N) is 3. The second kappa shape index (κ2) is 7.84. The Balaban J connectivity index is 1.46. The van der Waals surface area contributed by atoms with E-state index < -0.39 is 0 Å². The highest BCUT2D eigenvalue weighted by molar-refractivity contribution is 5.97. The van der Waals surface area contributed by atoms with Gasteiger partial charge in [0.15, 0.2) is 5.78 Å². The van der Waals surface area contributed by atoms with Gasteiger partial charge in [-0.2, -0.15) is 0 Å². The quantitative estimate of drug-likeness (QED) is 0.504. The zero-order chi connectivity index (χ0) is 19.3. The molecule has 138 valence electrons. The fourth-order valence-electron chi connectivity index (χ4n) is 2.98. The number of para-hydroxylation sites is 1. The van der Waals surface area contributed by atoms with Gasteiger partial charge in [-0.15, -0.1) is 0 Å². The molecule has 0 radical (unpaired) electrons. The molecule has 3 aromatic heterocycles. The third-order valence-corrected chi connectivity index (χ3v) is 4.43. The normalized spacial score (nSPS) is 10.7. The summed E-state index contributed by atoms with van der Waals surface area (Å²) in [4.78, 5) is 25.6. The van der Waals surface area contributed by atoms with Crippen molar-refractivity contribution in [3.8, 4) is 0 Å². The van der Waals surface area contributed by atoms with E-state index in [1.54, 1.807) is 18.5 Å². The van der Waals surface area contributed by atoms with E-state index in [9.17, 15) is 4.79 Å². The molecule has 3 heterocycles. The molecule has 0 bridgehead atoms. The first kappa shape index (κ1) is 17.6. The summed E-state index contributed by atoms with van der Waals surface area (Å²) in [6.07, 6.45) is 3.63. The number of hydrogen-bond acceptors (Lipinski definition) is 6. The lowest BCUT2D eigenvalue weighted by atomic mass is 10.1. The molecule has 6 heteroatoms. The number of carbonyl (C=O) groups excluding carboxylic acids is 1. The van der Waals surface area contributed by atoms with E-state index in [1.165, 1.54) is 0 Å². The summed E-state index contributed by atoms with van der Waals surface area (Å²) in [6.45, 7) is 0.492. The molecule has 28 heavy (non-hydrogen) atoms. The van der Waals surface area contributed by atoms with Crippen LogP contribution in [0.2, 0.25) is 0 Å². The summed E-state index contributed by atoms with van der Waals surface area (Å²) in [6, 6.07) is 18.9. The van der Waals surface area contributed by atoms with Crippen LogP contribution >= 0.6 is 0 Å². The summed E-state index contributed by atoms with van der Waals surface area (Å²) >= 11 is 0. The number of anilines is 2. The van der Waals surface area contributed by atoms with Gasteiger partial charge in [0.05, 0.1) is 23.4 Å². The zero-order valence-corrected chi connectivity index (χ0v) is 15.2. The van der Waals surface area contributed by atoms with E-state index in [-0.39, 0.29) is 12.2 Å². The molecule has 0 aliphatic carbocycles. The first-order valence-electron chi connectivity index (χ1n) is 8.96. The van der Waals surface area contributed by atoms with E-state index >= 15 is 0 Å². The molecule has 0 amide bonds. The van der Waals surface area contributed by atoms with Crippen LogP contribution in [-0.2, 0) is 13.0 Å². The number of ketones is 1. The smallest absolute Gasteiger partial charge is 0.185 e. The predicted molar refractivity (Wildman–Crippen MR) is 110 cm³/mol. The van der Waals surface area contributed by atoms with Crippen LogP contribution < -0.4 is 11.1 Å². The van der Waals surface area contributed by atoms with Crippen molar-refractivity contribution in [1.29, 1.82) is 0 Å². The number of carbonyl (C=O) groups is 1. The number of benzene rings is 1. The molecule has 0 aliphatic rings. The average molecular weight is 369 g/mol. The number of pyridine rings is 3. The van der Waals surface area contributed by atoms with Crippen molar-refractivity contribution >= 4 is 28.2 Å². The standard InChI is InChI=1S/C22H19N5O/c23-22-20(6-3-10-25-22)26-14-17-12-15(9-11-24-17)13-21(28)19-8-7-16-4-1-2-5-18(16)27-19/h1-12,26H,13-14H2,(H2,23,25). The van der Waals surface area contributed by atoms with Crippen LogP contribution in [-0.4, -0.2) is 20.7 Å². The van der Waals surface area contributed by atoms with Crippen LogP contribution in [0.4, 0.5) is 11.5 Å².